The second-order valence-electron chi connectivity index (χ2n) is 7.49. The zero-order valence-corrected chi connectivity index (χ0v) is 15.5. The molecule has 25 heavy (non-hydrogen) atoms. The normalized spacial score (nSPS) is 20.0. The summed E-state index contributed by atoms with van der Waals surface area (Å²) in [5.74, 6) is 1.64. The number of likely N-dealkylation sites (tertiary alicyclic amines) is 1. The summed E-state index contributed by atoms with van der Waals surface area (Å²) >= 11 is 0. The van der Waals surface area contributed by atoms with E-state index in [0.29, 0.717) is 12.5 Å². The van der Waals surface area contributed by atoms with Crippen molar-refractivity contribution in [3.05, 3.63) is 29.8 Å². The number of carbonyl (C=O) groups is 1. The van der Waals surface area contributed by atoms with E-state index >= 15 is 0 Å². The molecule has 0 aliphatic carbocycles. The van der Waals surface area contributed by atoms with Crippen LogP contribution in [0, 0.1) is 5.92 Å². The van der Waals surface area contributed by atoms with E-state index in [9.17, 15) is 4.79 Å². The van der Waals surface area contributed by atoms with E-state index in [4.69, 9.17) is 4.74 Å². The van der Waals surface area contributed by atoms with Crippen molar-refractivity contribution in [2.24, 2.45) is 5.92 Å². The highest BCUT2D eigenvalue weighted by molar-refractivity contribution is 5.83. The summed E-state index contributed by atoms with van der Waals surface area (Å²) in [4.78, 5) is 17.5. The van der Waals surface area contributed by atoms with Gasteiger partial charge in [0.2, 0.25) is 5.91 Å². The molecule has 2 aliphatic rings. The molecule has 1 N–H and O–H groups in total. The molecule has 2 fully saturated rings. The van der Waals surface area contributed by atoms with Crippen LogP contribution in [-0.4, -0.2) is 61.6 Å². The minimum Gasteiger partial charge on any atom is -0.493 e. The third-order valence-corrected chi connectivity index (χ3v) is 4.95. The Morgan fingerprint density at radius 3 is 2.32 bits per heavy atom. The molecule has 5 heteroatoms. The average molecular weight is 345 g/mol. The molecule has 1 unspecified atom stereocenters. The number of hydrogen-bond acceptors (Lipinski definition) is 4. The summed E-state index contributed by atoms with van der Waals surface area (Å²) in [5, 5.41) is 3.38. The Morgan fingerprint density at radius 2 is 1.72 bits per heavy atom. The van der Waals surface area contributed by atoms with Crippen LogP contribution >= 0.6 is 0 Å². The molecule has 1 atom stereocenters. The first-order valence-corrected chi connectivity index (χ1v) is 9.61. The molecular weight excluding hydrogens is 314 g/mol. The van der Waals surface area contributed by atoms with Gasteiger partial charge in [-0.15, -0.1) is 0 Å². The van der Waals surface area contributed by atoms with E-state index in [2.05, 4.69) is 36.2 Å². The molecular formula is C20H31N3O2. The van der Waals surface area contributed by atoms with Gasteiger partial charge in [-0.25, -0.2) is 0 Å². The van der Waals surface area contributed by atoms with Gasteiger partial charge in [0, 0.05) is 39.3 Å². The first-order valence-electron chi connectivity index (χ1n) is 9.61. The minimum atomic E-state index is -0.167. The summed E-state index contributed by atoms with van der Waals surface area (Å²) < 4.78 is 5.79. The van der Waals surface area contributed by atoms with Gasteiger partial charge in [-0.05, 0) is 36.5 Å². The number of ether oxygens (including phenoxy) is 1. The summed E-state index contributed by atoms with van der Waals surface area (Å²) in [6, 6.07) is 7.97. The van der Waals surface area contributed by atoms with Gasteiger partial charge >= 0.3 is 0 Å². The highest BCUT2D eigenvalue weighted by Gasteiger charge is 2.33. The predicted octanol–water partition coefficient (Wildman–Crippen LogP) is 2.29. The fraction of sp³-hybridized carbons (Fsp3) is 0.650. The highest BCUT2D eigenvalue weighted by Crippen LogP contribution is 2.27. The van der Waals surface area contributed by atoms with Gasteiger partial charge in [0.1, 0.15) is 11.8 Å². The number of carbonyl (C=O) groups excluding carboxylic acids is 1. The molecule has 5 nitrogen and oxygen atoms in total. The van der Waals surface area contributed by atoms with E-state index in [1.807, 2.05) is 17.0 Å². The van der Waals surface area contributed by atoms with Crippen molar-refractivity contribution >= 4 is 5.91 Å². The van der Waals surface area contributed by atoms with Gasteiger partial charge in [0.15, 0.2) is 0 Å². The van der Waals surface area contributed by atoms with Crippen molar-refractivity contribution < 1.29 is 9.53 Å². The summed E-state index contributed by atoms with van der Waals surface area (Å²) in [6.45, 7) is 10.5. The number of rotatable bonds is 6. The zero-order chi connectivity index (χ0) is 17.6. The van der Waals surface area contributed by atoms with Crippen molar-refractivity contribution in [2.45, 2.75) is 32.7 Å². The van der Waals surface area contributed by atoms with Crippen LogP contribution in [-0.2, 0) is 4.79 Å². The largest absolute Gasteiger partial charge is 0.493 e. The Labute approximate surface area is 151 Å². The van der Waals surface area contributed by atoms with E-state index in [-0.39, 0.29) is 11.9 Å². The molecule has 138 valence electrons. The lowest BCUT2D eigenvalue weighted by Gasteiger charge is -2.36. The SMILES string of the molecule is CC(C)COc1ccc(C(C(=O)N2CCCC2)N2CCNCC2)cc1. The second kappa shape index (κ2) is 8.68. The summed E-state index contributed by atoms with van der Waals surface area (Å²) in [7, 11) is 0. The number of amides is 1. The van der Waals surface area contributed by atoms with Crippen LogP contribution in [0.15, 0.2) is 24.3 Å². The molecule has 2 saturated heterocycles. The molecule has 0 aromatic heterocycles. The van der Waals surface area contributed by atoms with Crippen molar-refractivity contribution in [3.63, 3.8) is 0 Å². The summed E-state index contributed by atoms with van der Waals surface area (Å²) in [6.07, 6.45) is 2.25. The average Bonchev–Trinajstić information content (AvgIpc) is 3.17. The van der Waals surface area contributed by atoms with Gasteiger partial charge in [-0.1, -0.05) is 26.0 Å². The number of hydrogen-bond donors (Lipinski definition) is 1. The Kier molecular flexibility index (Phi) is 6.32. The molecule has 1 aromatic carbocycles. The molecule has 1 amide bonds. The third kappa shape index (κ3) is 4.73. The Hall–Kier alpha value is -1.59. The van der Waals surface area contributed by atoms with Crippen molar-refractivity contribution in [1.82, 2.24) is 15.1 Å². The van der Waals surface area contributed by atoms with E-state index < -0.39 is 0 Å². The van der Waals surface area contributed by atoms with E-state index in [1.165, 1.54) is 0 Å². The lowest BCUT2D eigenvalue weighted by molar-refractivity contribution is -0.136. The fourth-order valence-electron chi connectivity index (χ4n) is 3.57. The molecule has 2 aliphatic heterocycles. The number of benzene rings is 1. The quantitative estimate of drug-likeness (QED) is 0.859. The van der Waals surface area contributed by atoms with Crippen LogP contribution in [0.25, 0.3) is 0 Å². The minimum absolute atomic E-state index is 0.167. The van der Waals surface area contributed by atoms with Gasteiger partial charge < -0.3 is 15.0 Å². The Balaban J connectivity index is 1.76. The van der Waals surface area contributed by atoms with Gasteiger partial charge in [-0.2, -0.15) is 0 Å². The van der Waals surface area contributed by atoms with Crippen LogP contribution in [0.4, 0.5) is 0 Å². The first-order chi connectivity index (χ1) is 12.1. The Bertz CT molecular complexity index is 547. The maximum atomic E-state index is 13.2. The highest BCUT2D eigenvalue weighted by atomic mass is 16.5. The molecule has 3 rings (SSSR count). The van der Waals surface area contributed by atoms with Crippen molar-refractivity contribution in [2.75, 3.05) is 45.9 Å². The summed E-state index contributed by atoms with van der Waals surface area (Å²) in [5.41, 5.74) is 1.08. The third-order valence-electron chi connectivity index (χ3n) is 4.95. The topological polar surface area (TPSA) is 44.8 Å². The van der Waals surface area contributed by atoms with Crippen LogP contribution < -0.4 is 10.1 Å². The molecule has 1 aromatic rings. The van der Waals surface area contributed by atoms with Gasteiger partial charge in [0.05, 0.1) is 6.61 Å². The zero-order valence-electron chi connectivity index (χ0n) is 15.5. The predicted molar refractivity (Wildman–Crippen MR) is 99.8 cm³/mol. The van der Waals surface area contributed by atoms with Crippen LogP contribution in [0.3, 0.4) is 0 Å². The molecule has 0 radical (unpaired) electrons. The molecule has 2 heterocycles. The van der Waals surface area contributed by atoms with Crippen LogP contribution in [0.2, 0.25) is 0 Å². The lowest BCUT2D eigenvalue weighted by atomic mass is 10.0. The van der Waals surface area contributed by atoms with Gasteiger partial charge in [-0.3, -0.25) is 9.69 Å². The standard InChI is InChI=1S/C20H31N3O2/c1-16(2)15-25-18-7-5-17(6-8-18)19(22-13-9-21-10-14-22)20(24)23-11-3-4-12-23/h5-8,16,19,21H,3-4,9-15H2,1-2H3. The smallest absolute Gasteiger partial charge is 0.244 e. The first kappa shape index (κ1) is 18.2. The maximum Gasteiger partial charge on any atom is 0.244 e. The molecule has 0 spiro atoms. The number of nitrogens with one attached hydrogen (secondary N) is 1. The van der Waals surface area contributed by atoms with Crippen molar-refractivity contribution in [1.29, 1.82) is 0 Å². The number of nitrogens with zero attached hydrogens (tertiary/aromatic N) is 2. The Morgan fingerprint density at radius 1 is 1.08 bits per heavy atom. The van der Waals surface area contributed by atoms with Gasteiger partial charge in [0.25, 0.3) is 0 Å². The van der Waals surface area contributed by atoms with Crippen LogP contribution in [0.5, 0.6) is 5.75 Å². The molecule has 0 saturated carbocycles. The lowest BCUT2D eigenvalue weighted by Crippen LogP contribution is -2.49. The van der Waals surface area contributed by atoms with E-state index in [0.717, 1.165) is 63.4 Å². The maximum absolute atomic E-state index is 13.2. The van der Waals surface area contributed by atoms with E-state index in [1.54, 1.807) is 0 Å². The van der Waals surface area contributed by atoms with Crippen LogP contribution in [0.1, 0.15) is 38.3 Å². The fourth-order valence-corrected chi connectivity index (χ4v) is 3.57. The molecule has 0 bridgehead atoms. The second-order valence-corrected chi connectivity index (χ2v) is 7.49. The number of piperazine rings is 1. The van der Waals surface area contributed by atoms with Crippen molar-refractivity contribution in [3.8, 4) is 5.75 Å². The monoisotopic (exact) mass is 345 g/mol.